The van der Waals surface area contributed by atoms with Crippen LogP contribution < -0.4 is 33.6 Å². The third-order valence-electron chi connectivity index (χ3n) is 24.4. The zero-order valence-electron chi connectivity index (χ0n) is 78.2. The fourth-order valence-corrected chi connectivity index (χ4v) is 15.1. The Morgan fingerprint density at radius 1 is 0.488 bits per heavy atom. The largest absolute Gasteiger partial charge is 0.481 e. The van der Waals surface area contributed by atoms with Crippen LogP contribution in [-0.4, -0.2) is 137 Å². The lowest BCUT2D eigenvalue weighted by Crippen LogP contribution is -2.53. The molecule has 7 atom stereocenters. The van der Waals surface area contributed by atoms with E-state index in [9.17, 15) is 57.5 Å². The summed E-state index contributed by atoms with van der Waals surface area (Å²) in [6, 6.07) is 26.7. The predicted octanol–water partition coefficient (Wildman–Crippen LogP) is 14.8. The summed E-state index contributed by atoms with van der Waals surface area (Å²) in [5, 5.41) is 14.6. The first-order chi connectivity index (χ1) is 55.3. The second kappa shape index (κ2) is 44.3. The second-order valence-electron chi connectivity index (χ2n) is 42.6. The number of rotatable bonds is 32. The molecule has 4 aliphatic rings. The Labute approximate surface area is 723 Å². The maximum atomic E-state index is 13.8. The Kier molecular flexibility index (Phi) is 39.0. The van der Waals surface area contributed by atoms with Crippen LogP contribution in [0.2, 0.25) is 0 Å². The number of nitrogens with one attached hydrogen (secondary N) is 2. The third-order valence-corrected chi connectivity index (χ3v) is 24.4. The molecule has 25 heteroatoms. The monoisotopic (exact) mass is 1690 g/mol. The van der Waals surface area contributed by atoms with Crippen LogP contribution in [0.25, 0.3) is 0 Å². The molecule has 0 radical (unpaired) electrons. The number of fused-ring (bicyclic) bond motifs is 1. The van der Waals surface area contributed by atoms with E-state index in [4.69, 9.17) is 51.7 Å². The molecule has 1 heterocycles. The Morgan fingerprint density at radius 3 is 1.17 bits per heavy atom. The fourth-order valence-electron chi connectivity index (χ4n) is 15.1. The third kappa shape index (κ3) is 34.0. The maximum Gasteiger partial charge on any atom is 0.309 e. The lowest BCUT2D eigenvalue weighted by atomic mass is 9.73. The molecule has 25 nitrogen and oxygen atoms in total. The van der Waals surface area contributed by atoms with Gasteiger partial charge >= 0.3 is 35.8 Å². The number of benzene rings is 3. The van der Waals surface area contributed by atoms with Crippen LogP contribution in [0.1, 0.15) is 287 Å². The van der Waals surface area contributed by atoms with Gasteiger partial charge in [0.15, 0.2) is 5.78 Å². The molecule has 3 saturated carbocycles. The standard InChI is InChI=1S/C27H43N3O4.C25H39NO5.C19H30N2O3.C13H16O4.C12H25NO2/c1-24(2,3)21(28)23(34)30-15-27(25(4,5)26(27)10-7-11-26)14-18(30)19(31)13-17(20(32)22(29)33)12-16-8-6-9-16;1-23(2,3)19(14-20(27)31-24(4,5)6)16-26-22(29)25(7,8)15-21(28)30-17-18-12-10-9-11-13-18;1-18(2,3)15(20)12-21-17(23)19(4,5)11-16(22)24-13-14-9-7-6-8-10-14;1-13(2,12(15)16)8-11(14)17-9-10-6-4-3-5-7-10;1-11(2,3)9(8-13)7-10(14)15-12(4,5)6/h16-18,21H,6-15,28H2,1-5H3,(H2,29,33);9-13,19H,14-17H2,1-8H3,(H,26,29);6-10,15H,11-13,20H2,1-5H3,(H,21,23);3-7H,8-9H2,1-2H3,(H,15,16);9H,7-8,13H2,1-6H3/t17?,18-,21+,27+;19-;15-;;9-/m011.1/s1. The minimum absolute atomic E-state index is 0.0242. The zero-order valence-corrected chi connectivity index (χ0v) is 78.2. The first-order valence-corrected chi connectivity index (χ1v) is 43.0. The van der Waals surface area contributed by atoms with Gasteiger partial charge in [0.1, 0.15) is 31.0 Å². The van der Waals surface area contributed by atoms with Crippen molar-refractivity contribution < 1.29 is 86.3 Å². The van der Waals surface area contributed by atoms with Crippen LogP contribution in [0.5, 0.6) is 0 Å². The molecular formula is C96H153N7O18. The van der Waals surface area contributed by atoms with E-state index in [-0.39, 0.29) is 144 Å². The Hall–Kier alpha value is -8.42. The van der Waals surface area contributed by atoms with Crippen LogP contribution in [0.4, 0.5) is 0 Å². The van der Waals surface area contributed by atoms with Gasteiger partial charge in [-0.1, -0.05) is 241 Å². The molecule has 3 aliphatic carbocycles. The van der Waals surface area contributed by atoms with Crippen LogP contribution in [-0.2, 0) is 101 Å². The number of nitrogens with two attached hydrogens (primary N) is 4. The number of likely N-dealkylation sites (tertiary alicyclic amines) is 1. The summed E-state index contributed by atoms with van der Waals surface area (Å²) in [5.74, 6) is -5.40. The van der Waals surface area contributed by atoms with E-state index in [0.29, 0.717) is 51.4 Å². The summed E-state index contributed by atoms with van der Waals surface area (Å²) >= 11 is 0. The minimum Gasteiger partial charge on any atom is -0.481 e. The quantitative estimate of drug-likeness (QED) is 0.0173. The fraction of sp³-hybridized carbons (Fsp3) is 0.688. The van der Waals surface area contributed by atoms with E-state index < -0.39 is 80.5 Å². The van der Waals surface area contributed by atoms with Crippen molar-refractivity contribution in [2.75, 3.05) is 26.2 Å². The Bertz CT molecular complexity index is 3920. The van der Waals surface area contributed by atoms with Crippen LogP contribution >= 0.6 is 0 Å². The highest BCUT2D eigenvalue weighted by atomic mass is 16.6. The van der Waals surface area contributed by atoms with Crippen LogP contribution in [0.15, 0.2) is 91.0 Å². The van der Waals surface area contributed by atoms with E-state index in [0.717, 1.165) is 48.8 Å². The Balaban J connectivity index is 0.000000404. The zero-order chi connectivity index (χ0) is 92.7. The van der Waals surface area contributed by atoms with E-state index in [1.807, 2.05) is 195 Å². The molecule has 121 heavy (non-hydrogen) atoms. The smallest absolute Gasteiger partial charge is 0.309 e. The summed E-state index contributed by atoms with van der Waals surface area (Å²) < 4.78 is 26.3. The van der Waals surface area contributed by atoms with E-state index in [2.05, 4.69) is 45.3 Å². The van der Waals surface area contributed by atoms with Gasteiger partial charge in [-0.3, -0.25) is 57.5 Å². The van der Waals surface area contributed by atoms with Crippen molar-refractivity contribution in [1.82, 2.24) is 15.5 Å². The lowest BCUT2D eigenvalue weighted by Gasteiger charge is -2.34. The van der Waals surface area contributed by atoms with Crippen molar-refractivity contribution in [3.05, 3.63) is 108 Å². The molecule has 3 aromatic rings. The molecule has 11 N–H and O–H groups in total. The first-order valence-electron chi connectivity index (χ1n) is 43.0. The van der Waals surface area contributed by atoms with E-state index >= 15 is 0 Å². The van der Waals surface area contributed by atoms with E-state index in [1.54, 1.807) is 32.6 Å². The number of hydrogen-bond acceptors (Lipinski definition) is 20. The summed E-state index contributed by atoms with van der Waals surface area (Å²) in [5.41, 5.74) is 21.8. The van der Waals surface area contributed by atoms with E-state index in [1.165, 1.54) is 20.3 Å². The van der Waals surface area contributed by atoms with Gasteiger partial charge in [0.05, 0.1) is 60.4 Å². The van der Waals surface area contributed by atoms with Gasteiger partial charge in [-0.15, -0.1) is 0 Å². The van der Waals surface area contributed by atoms with Crippen molar-refractivity contribution in [1.29, 1.82) is 0 Å². The Morgan fingerprint density at radius 2 is 0.868 bits per heavy atom. The minimum atomic E-state index is -1.09. The number of carboxylic acids is 1. The predicted molar refractivity (Wildman–Crippen MR) is 470 cm³/mol. The highest BCUT2D eigenvalue weighted by Gasteiger charge is 2.85. The molecule has 680 valence electrons. The molecule has 1 aliphatic heterocycles. The number of nitrogens with zero attached hydrogens (tertiary/aromatic N) is 1. The number of amides is 4. The molecule has 3 aromatic carbocycles. The number of Topliss-reactive ketones (excluding diaryl/α,β-unsaturated/α-hetero) is 2. The molecule has 2 spiro atoms. The SMILES string of the molecule is CC(C)(C)OC(=O)C[C@H](CN)C(C)(C)C.CC(C)(C)OC(=O)C[C@H](CNC(=O)C(C)(C)CC(=O)OCc1ccccc1)C(C)(C)C.CC(C)(C)[C@H](N)C(=O)N1C[C@]2(C[C@H]1C(=O)CC(CC1CCC1)C(=O)C(N)=O)C(C)(C)C21CCC1.CC(C)(CC(=O)OCc1ccccc1)C(=O)NC[C@@H](N)C(C)(C)C.CC(C)(CC(=O)OCc1ccccc1)C(=O)O. The molecule has 1 unspecified atom stereocenters. The van der Waals surface area contributed by atoms with Crippen molar-refractivity contribution >= 4 is 71.0 Å². The van der Waals surface area contributed by atoms with Gasteiger partial charge in [-0.05, 0) is 155 Å². The molecule has 4 fully saturated rings. The lowest BCUT2D eigenvalue weighted by molar-refractivity contribution is -0.158. The highest BCUT2D eigenvalue weighted by molar-refractivity contribution is 6.36. The first kappa shape index (κ1) is 107. The molecular weight excluding hydrogens is 1540 g/mol. The summed E-state index contributed by atoms with van der Waals surface area (Å²) in [7, 11) is 0. The summed E-state index contributed by atoms with van der Waals surface area (Å²) in [6.07, 6.45) is 8.22. The number of carbonyl (C=O) groups excluding carboxylic acids is 11. The van der Waals surface area contributed by atoms with Gasteiger partial charge in [0.2, 0.25) is 23.5 Å². The number of carboxylic acid groups (broad SMARTS) is 1. The number of ketones is 2. The number of carbonyl (C=O) groups is 12. The molecule has 7 rings (SSSR count). The van der Waals surface area contributed by atoms with Gasteiger partial charge in [-0.2, -0.15) is 0 Å². The normalized spacial score (nSPS) is 18.1. The molecule has 0 aromatic heterocycles. The van der Waals surface area contributed by atoms with Crippen LogP contribution in [0.3, 0.4) is 0 Å². The van der Waals surface area contributed by atoms with Gasteiger partial charge < -0.3 is 67.3 Å². The van der Waals surface area contributed by atoms with Crippen molar-refractivity contribution in [2.24, 2.45) is 101 Å². The number of esters is 5. The number of ether oxygens (including phenoxy) is 5. The van der Waals surface area contributed by atoms with Gasteiger partial charge in [-0.25, -0.2) is 0 Å². The van der Waals surface area contributed by atoms with Crippen molar-refractivity contribution in [2.45, 2.75) is 319 Å². The summed E-state index contributed by atoms with van der Waals surface area (Å²) in [6.45, 7) is 52.2. The van der Waals surface area contributed by atoms with Crippen molar-refractivity contribution in [3.8, 4) is 0 Å². The topological polar surface area (TPSA) is 403 Å². The van der Waals surface area contributed by atoms with Crippen LogP contribution in [0, 0.1) is 77.8 Å². The number of primary amides is 1. The molecule has 0 bridgehead atoms. The average Bonchev–Trinajstić information content (AvgIpc) is 1.45. The van der Waals surface area contributed by atoms with Gasteiger partial charge in [0, 0.05) is 43.4 Å². The molecule has 1 saturated heterocycles. The molecule has 4 amide bonds. The summed E-state index contributed by atoms with van der Waals surface area (Å²) in [4.78, 5) is 149. The number of aliphatic carboxylic acids is 1. The maximum absolute atomic E-state index is 13.8. The second-order valence-corrected chi connectivity index (χ2v) is 42.6. The number of hydrogen-bond donors (Lipinski definition) is 7. The van der Waals surface area contributed by atoms with Gasteiger partial charge in [0.25, 0.3) is 5.91 Å². The van der Waals surface area contributed by atoms with Crippen molar-refractivity contribution in [3.63, 3.8) is 0 Å². The average molecular weight is 1690 g/mol. The highest BCUT2D eigenvalue weighted by Crippen LogP contribution is 2.88.